The van der Waals surface area contributed by atoms with Crippen molar-refractivity contribution in [2.45, 2.75) is 31.4 Å². The zero-order chi connectivity index (χ0) is 18.8. The van der Waals surface area contributed by atoms with E-state index in [0.717, 1.165) is 55.7 Å². The Hall–Kier alpha value is -2.25. The molecule has 2 heterocycles. The summed E-state index contributed by atoms with van der Waals surface area (Å²) in [5, 5.41) is 1.06. The smallest absolute Gasteiger partial charge is 0.225 e. The molecule has 0 radical (unpaired) electrons. The van der Waals surface area contributed by atoms with Gasteiger partial charge in [-0.2, -0.15) is 0 Å². The highest BCUT2D eigenvalue weighted by Crippen LogP contribution is 2.28. The topological polar surface area (TPSA) is 84.6 Å². The second kappa shape index (κ2) is 7.78. The monoisotopic (exact) mass is 369 g/mol. The van der Waals surface area contributed by atoms with Crippen LogP contribution >= 0.6 is 0 Å². The molecule has 27 heavy (non-hydrogen) atoms. The summed E-state index contributed by atoms with van der Waals surface area (Å²) in [7, 11) is 1.70. The number of amides is 1. The molecule has 0 spiro atoms. The molecule has 1 aliphatic heterocycles. The lowest BCUT2D eigenvalue weighted by molar-refractivity contribution is -0.138. The Kier molecular flexibility index (Phi) is 5.22. The van der Waals surface area contributed by atoms with Gasteiger partial charge in [-0.25, -0.2) is 9.97 Å². The summed E-state index contributed by atoms with van der Waals surface area (Å²) in [5.41, 5.74) is 7.13. The number of nitrogens with two attached hydrogens (primary N) is 1. The molecule has 0 unspecified atom stereocenters. The number of piperazine rings is 1. The van der Waals surface area contributed by atoms with Gasteiger partial charge in [0.2, 0.25) is 5.91 Å². The molecule has 1 aliphatic carbocycles. The van der Waals surface area contributed by atoms with Crippen LogP contribution in [0.5, 0.6) is 0 Å². The lowest BCUT2D eigenvalue weighted by atomic mass is 9.83. The summed E-state index contributed by atoms with van der Waals surface area (Å²) < 4.78 is 5.41. The van der Waals surface area contributed by atoms with Gasteiger partial charge in [0.25, 0.3) is 0 Å². The minimum atomic E-state index is -0.0497. The van der Waals surface area contributed by atoms with E-state index in [0.29, 0.717) is 6.42 Å². The van der Waals surface area contributed by atoms with Crippen LogP contribution in [0.4, 0.5) is 5.82 Å². The van der Waals surface area contributed by atoms with Gasteiger partial charge in [0.15, 0.2) is 0 Å². The maximum atomic E-state index is 12.9. The maximum Gasteiger partial charge on any atom is 0.225 e. The minimum absolute atomic E-state index is 0.0258. The molecule has 1 aromatic heterocycles. The van der Waals surface area contributed by atoms with E-state index in [1.165, 1.54) is 0 Å². The van der Waals surface area contributed by atoms with E-state index in [-0.39, 0.29) is 24.0 Å². The molecular weight excluding hydrogens is 342 g/mol. The van der Waals surface area contributed by atoms with Crippen LogP contribution in [0.15, 0.2) is 30.6 Å². The molecule has 2 aliphatic rings. The highest BCUT2D eigenvalue weighted by atomic mass is 16.5. The Morgan fingerprint density at radius 3 is 2.67 bits per heavy atom. The van der Waals surface area contributed by atoms with Crippen molar-refractivity contribution in [2.75, 3.05) is 38.2 Å². The van der Waals surface area contributed by atoms with Crippen molar-refractivity contribution in [1.29, 1.82) is 0 Å². The van der Waals surface area contributed by atoms with Gasteiger partial charge in [0, 0.05) is 50.6 Å². The van der Waals surface area contributed by atoms with Gasteiger partial charge in [-0.3, -0.25) is 4.79 Å². The Bertz CT molecular complexity index is 801. The molecule has 4 rings (SSSR count). The number of hydrogen-bond donors (Lipinski definition) is 1. The predicted molar refractivity (Wildman–Crippen MR) is 104 cm³/mol. The number of carbonyl (C=O) groups is 1. The van der Waals surface area contributed by atoms with Crippen LogP contribution in [0.3, 0.4) is 0 Å². The van der Waals surface area contributed by atoms with Crippen molar-refractivity contribution in [3.8, 4) is 0 Å². The zero-order valence-corrected chi connectivity index (χ0v) is 15.8. The van der Waals surface area contributed by atoms with E-state index in [1.807, 2.05) is 23.1 Å². The van der Waals surface area contributed by atoms with Crippen LogP contribution in [0.2, 0.25) is 0 Å². The number of rotatable bonds is 3. The summed E-state index contributed by atoms with van der Waals surface area (Å²) in [6.07, 6.45) is 4.14. The highest BCUT2D eigenvalue weighted by molar-refractivity contribution is 5.89. The molecule has 2 N–H and O–H groups in total. The van der Waals surface area contributed by atoms with E-state index in [2.05, 4.69) is 20.9 Å². The number of para-hydroxylation sites is 1. The van der Waals surface area contributed by atoms with Crippen LogP contribution in [0, 0.1) is 5.92 Å². The molecule has 2 aromatic rings. The third-order valence-corrected chi connectivity index (χ3v) is 5.90. The van der Waals surface area contributed by atoms with Crippen LogP contribution in [0.25, 0.3) is 10.9 Å². The first kappa shape index (κ1) is 18.1. The maximum absolute atomic E-state index is 12.9. The summed E-state index contributed by atoms with van der Waals surface area (Å²) in [4.78, 5) is 26.0. The fourth-order valence-corrected chi connectivity index (χ4v) is 4.33. The summed E-state index contributed by atoms with van der Waals surface area (Å²) in [5.74, 6) is 1.22. The number of hydrogen-bond acceptors (Lipinski definition) is 6. The average molecular weight is 369 g/mol. The average Bonchev–Trinajstić information content (AvgIpc) is 2.73. The molecule has 3 atom stereocenters. The van der Waals surface area contributed by atoms with Crippen molar-refractivity contribution >= 4 is 22.6 Å². The van der Waals surface area contributed by atoms with E-state index in [1.54, 1.807) is 13.4 Å². The zero-order valence-electron chi connectivity index (χ0n) is 15.8. The number of benzene rings is 1. The van der Waals surface area contributed by atoms with E-state index in [9.17, 15) is 4.79 Å². The molecule has 1 saturated carbocycles. The molecule has 144 valence electrons. The molecule has 1 aromatic carbocycles. The largest absolute Gasteiger partial charge is 0.380 e. The van der Waals surface area contributed by atoms with Crippen molar-refractivity contribution in [2.24, 2.45) is 11.7 Å². The molecular formula is C20H27N5O2. The minimum Gasteiger partial charge on any atom is -0.380 e. The predicted octanol–water partition coefficient (Wildman–Crippen LogP) is 1.42. The quantitative estimate of drug-likeness (QED) is 0.881. The SMILES string of the molecule is CO[C@@H]1CC[C@H](C(=O)N2CCN(c3ncnc4ccccc34)CC2)C[C@H]1N. The van der Waals surface area contributed by atoms with Gasteiger partial charge in [-0.1, -0.05) is 12.1 Å². The van der Waals surface area contributed by atoms with Crippen molar-refractivity contribution in [3.05, 3.63) is 30.6 Å². The Labute approximate surface area is 159 Å². The van der Waals surface area contributed by atoms with Crippen LogP contribution in [-0.4, -0.2) is 66.2 Å². The Balaban J connectivity index is 1.39. The molecule has 2 fully saturated rings. The number of ether oxygens (including phenoxy) is 1. The third kappa shape index (κ3) is 3.61. The molecule has 0 bridgehead atoms. The van der Waals surface area contributed by atoms with Crippen molar-refractivity contribution in [3.63, 3.8) is 0 Å². The third-order valence-electron chi connectivity index (χ3n) is 5.90. The van der Waals surface area contributed by atoms with Crippen LogP contribution < -0.4 is 10.6 Å². The van der Waals surface area contributed by atoms with Crippen molar-refractivity contribution in [1.82, 2.24) is 14.9 Å². The van der Waals surface area contributed by atoms with Gasteiger partial charge in [0.1, 0.15) is 12.1 Å². The number of aromatic nitrogens is 2. The number of anilines is 1. The van der Waals surface area contributed by atoms with Gasteiger partial charge in [-0.05, 0) is 31.4 Å². The van der Waals surface area contributed by atoms with Gasteiger partial charge in [-0.15, -0.1) is 0 Å². The molecule has 1 amide bonds. The first-order chi connectivity index (χ1) is 13.2. The first-order valence-corrected chi connectivity index (χ1v) is 9.69. The normalized spacial score (nSPS) is 26.4. The Morgan fingerprint density at radius 1 is 1.15 bits per heavy atom. The Morgan fingerprint density at radius 2 is 1.93 bits per heavy atom. The molecule has 7 heteroatoms. The first-order valence-electron chi connectivity index (χ1n) is 9.69. The fraction of sp³-hybridized carbons (Fsp3) is 0.550. The van der Waals surface area contributed by atoms with Crippen LogP contribution in [0.1, 0.15) is 19.3 Å². The molecule has 7 nitrogen and oxygen atoms in total. The van der Waals surface area contributed by atoms with E-state index in [4.69, 9.17) is 10.5 Å². The summed E-state index contributed by atoms with van der Waals surface area (Å²) >= 11 is 0. The van der Waals surface area contributed by atoms with E-state index >= 15 is 0 Å². The number of nitrogens with zero attached hydrogens (tertiary/aromatic N) is 4. The lowest BCUT2D eigenvalue weighted by Gasteiger charge is -2.39. The molecule has 1 saturated heterocycles. The summed E-state index contributed by atoms with van der Waals surface area (Å²) in [6, 6.07) is 8.00. The van der Waals surface area contributed by atoms with E-state index < -0.39 is 0 Å². The van der Waals surface area contributed by atoms with Crippen LogP contribution in [-0.2, 0) is 9.53 Å². The number of carbonyl (C=O) groups excluding carboxylic acids is 1. The summed E-state index contributed by atoms with van der Waals surface area (Å²) in [6.45, 7) is 3.01. The second-order valence-corrected chi connectivity index (χ2v) is 7.47. The van der Waals surface area contributed by atoms with Gasteiger partial charge in [0.05, 0.1) is 11.6 Å². The van der Waals surface area contributed by atoms with Gasteiger partial charge < -0.3 is 20.3 Å². The highest BCUT2D eigenvalue weighted by Gasteiger charge is 2.35. The fourth-order valence-electron chi connectivity index (χ4n) is 4.33. The number of methoxy groups -OCH3 is 1. The lowest BCUT2D eigenvalue weighted by Crippen LogP contribution is -2.52. The van der Waals surface area contributed by atoms with Crippen molar-refractivity contribution < 1.29 is 9.53 Å². The second-order valence-electron chi connectivity index (χ2n) is 7.47. The standard InChI is InChI=1S/C20H27N5O2/c1-27-18-7-6-14(12-16(18)21)20(26)25-10-8-24(9-11-25)19-15-4-2-3-5-17(15)22-13-23-19/h2-5,13-14,16,18H,6-12,21H2,1H3/t14-,16+,18+/m0/s1. The van der Waals surface area contributed by atoms with Gasteiger partial charge >= 0.3 is 0 Å². The number of fused-ring (bicyclic) bond motifs is 1.